The second kappa shape index (κ2) is 13.2. The lowest BCUT2D eigenvalue weighted by Crippen LogP contribution is -2.00. The minimum Gasteiger partial charge on any atom is -0.493 e. The normalized spacial score (nSPS) is 11.0. The molecule has 38 heavy (non-hydrogen) atoms. The zero-order valence-electron chi connectivity index (χ0n) is 21.9. The van der Waals surface area contributed by atoms with Gasteiger partial charge in [-0.2, -0.15) is 0 Å². The first-order valence-corrected chi connectivity index (χ1v) is 13.2. The Morgan fingerprint density at radius 2 is 1.24 bits per heavy atom. The molecule has 0 atom stereocenters. The van der Waals surface area contributed by atoms with Crippen molar-refractivity contribution in [2.75, 3.05) is 6.61 Å². The van der Waals surface area contributed by atoms with Gasteiger partial charge in [-0.3, -0.25) is 0 Å². The van der Waals surface area contributed by atoms with E-state index < -0.39 is 17.5 Å². The van der Waals surface area contributed by atoms with E-state index in [1.807, 2.05) is 19.1 Å². The number of unbranched alkanes of at least 4 members (excludes halogenated alkanes) is 4. The molecule has 5 heteroatoms. The molecule has 0 N–H and O–H groups in total. The fourth-order valence-corrected chi connectivity index (χ4v) is 4.25. The van der Waals surface area contributed by atoms with Crippen LogP contribution in [0.4, 0.5) is 13.2 Å². The number of hydrogen-bond acceptors (Lipinski definition) is 2. The lowest BCUT2D eigenvalue weighted by molar-refractivity contribution is 0.283. The van der Waals surface area contributed by atoms with Gasteiger partial charge < -0.3 is 9.47 Å². The third kappa shape index (κ3) is 6.97. The van der Waals surface area contributed by atoms with E-state index in [-0.39, 0.29) is 23.5 Å². The van der Waals surface area contributed by atoms with Crippen LogP contribution in [0.1, 0.15) is 50.2 Å². The fraction of sp³-hybridized carbons (Fsp3) is 0.273. The third-order valence-corrected chi connectivity index (χ3v) is 6.52. The van der Waals surface area contributed by atoms with Crippen LogP contribution in [0.5, 0.6) is 11.5 Å². The van der Waals surface area contributed by atoms with Gasteiger partial charge in [0.25, 0.3) is 0 Å². The zero-order valence-corrected chi connectivity index (χ0v) is 21.9. The molecule has 4 aromatic carbocycles. The Morgan fingerprint density at radius 1 is 0.632 bits per heavy atom. The second-order valence-corrected chi connectivity index (χ2v) is 9.50. The van der Waals surface area contributed by atoms with Crippen LogP contribution in [0.3, 0.4) is 0 Å². The second-order valence-electron chi connectivity index (χ2n) is 9.50. The average Bonchev–Trinajstić information content (AvgIpc) is 2.93. The Morgan fingerprint density at radius 3 is 1.84 bits per heavy atom. The van der Waals surface area contributed by atoms with Crippen molar-refractivity contribution in [3.8, 4) is 33.8 Å². The summed E-state index contributed by atoms with van der Waals surface area (Å²) in [5.74, 6) is -1.64. The number of aryl methyl sites for hydroxylation is 1. The van der Waals surface area contributed by atoms with Crippen LogP contribution < -0.4 is 9.47 Å². The topological polar surface area (TPSA) is 18.5 Å². The standard InChI is InChI=1S/C33H33F3O2/c1-3-4-5-6-7-20-37-27-16-19-31(30(34)21-27)38-22-24-10-14-26(15-11-24)29-18-17-28(32(35)33(29)36)25-12-8-23(2)9-13-25/h8-19,21H,3-7,20,22H2,1-2H3. The molecule has 4 rings (SSSR count). The minimum atomic E-state index is -0.891. The molecule has 0 radical (unpaired) electrons. The monoisotopic (exact) mass is 518 g/mol. The van der Waals surface area contributed by atoms with Crippen molar-refractivity contribution in [3.05, 3.63) is 107 Å². The molecular weight excluding hydrogens is 485 g/mol. The van der Waals surface area contributed by atoms with E-state index in [4.69, 9.17) is 9.47 Å². The number of rotatable bonds is 12. The predicted octanol–water partition coefficient (Wildman–Crippen LogP) is 9.67. The summed E-state index contributed by atoms with van der Waals surface area (Å²) in [6.45, 7) is 4.82. The number of hydrogen-bond donors (Lipinski definition) is 0. The Bertz CT molecular complexity index is 1330. The molecule has 0 saturated carbocycles. The molecule has 0 heterocycles. The van der Waals surface area contributed by atoms with Gasteiger partial charge in [0.05, 0.1) is 6.61 Å². The quantitative estimate of drug-likeness (QED) is 0.174. The maximum Gasteiger partial charge on any atom is 0.168 e. The van der Waals surface area contributed by atoms with Crippen LogP contribution in [0.15, 0.2) is 78.9 Å². The van der Waals surface area contributed by atoms with Crippen LogP contribution >= 0.6 is 0 Å². The molecule has 4 aromatic rings. The van der Waals surface area contributed by atoms with Crippen molar-refractivity contribution in [1.29, 1.82) is 0 Å². The molecule has 0 amide bonds. The van der Waals surface area contributed by atoms with E-state index in [1.54, 1.807) is 60.7 Å². The Kier molecular flexibility index (Phi) is 9.47. The lowest BCUT2D eigenvalue weighted by atomic mass is 9.98. The molecular formula is C33H33F3O2. The molecule has 0 bridgehead atoms. The first-order chi connectivity index (χ1) is 18.5. The molecule has 0 aromatic heterocycles. The van der Waals surface area contributed by atoms with Crippen molar-refractivity contribution < 1.29 is 22.6 Å². The fourth-order valence-electron chi connectivity index (χ4n) is 4.25. The van der Waals surface area contributed by atoms with Gasteiger partial charge in [0.2, 0.25) is 0 Å². The molecule has 0 aliphatic heterocycles. The Balaban J connectivity index is 1.35. The first-order valence-electron chi connectivity index (χ1n) is 13.2. The zero-order chi connectivity index (χ0) is 26.9. The molecule has 0 fully saturated rings. The highest BCUT2D eigenvalue weighted by Crippen LogP contribution is 2.32. The highest BCUT2D eigenvalue weighted by atomic mass is 19.2. The number of ether oxygens (including phenoxy) is 2. The summed E-state index contributed by atoms with van der Waals surface area (Å²) in [5, 5.41) is 0. The maximum atomic E-state index is 15.0. The predicted molar refractivity (Wildman–Crippen MR) is 147 cm³/mol. The van der Waals surface area contributed by atoms with Gasteiger partial charge in [0, 0.05) is 17.2 Å². The lowest BCUT2D eigenvalue weighted by Gasteiger charge is -2.12. The van der Waals surface area contributed by atoms with Crippen molar-refractivity contribution >= 4 is 0 Å². The summed E-state index contributed by atoms with van der Waals surface area (Å²) in [4.78, 5) is 0. The highest BCUT2D eigenvalue weighted by molar-refractivity contribution is 5.72. The molecule has 0 unspecified atom stereocenters. The van der Waals surface area contributed by atoms with E-state index in [0.29, 0.717) is 23.5 Å². The molecule has 0 spiro atoms. The van der Waals surface area contributed by atoms with Gasteiger partial charge in [-0.15, -0.1) is 0 Å². The van der Waals surface area contributed by atoms with Gasteiger partial charge in [-0.25, -0.2) is 13.2 Å². The molecule has 0 aliphatic carbocycles. The summed E-state index contributed by atoms with van der Waals surface area (Å²) >= 11 is 0. The number of benzene rings is 4. The van der Waals surface area contributed by atoms with Gasteiger partial charge in [-0.1, -0.05) is 98.8 Å². The van der Waals surface area contributed by atoms with Gasteiger partial charge in [-0.05, 0) is 42.2 Å². The van der Waals surface area contributed by atoms with Gasteiger partial charge in [0.15, 0.2) is 23.2 Å². The van der Waals surface area contributed by atoms with E-state index in [1.165, 1.54) is 25.3 Å². The van der Waals surface area contributed by atoms with Crippen molar-refractivity contribution in [2.24, 2.45) is 0 Å². The van der Waals surface area contributed by atoms with Crippen LogP contribution in [-0.2, 0) is 6.61 Å². The molecule has 2 nitrogen and oxygen atoms in total. The smallest absolute Gasteiger partial charge is 0.168 e. The molecule has 0 saturated heterocycles. The summed E-state index contributed by atoms with van der Waals surface area (Å²) < 4.78 is 55.6. The van der Waals surface area contributed by atoms with Crippen LogP contribution in [-0.4, -0.2) is 6.61 Å². The van der Waals surface area contributed by atoms with Gasteiger partial charge in [0.1, 0.15) is 12.4 Å². The van der Waals surface area contributed by atoms with Crippen molar-refractivity contribution in [1.82, 2.24) is 0 Å². The van der Waals surface area contributed by atoms with Crippen molar-refractivity contribution in [2.45, 2.75) is 52.6 Å². The SMILES string of the molecule is CCCCCCCOc1ccc(OCc2ccc(-c3ccc(-c4ccc(C)cc4)c(F)c3F)cc2)c(F)c1. The highest BCUT2D eigenvalue weighted by Gasteiger charge is 2.16. The van der Waals surface area contributed by atoms with Crippen LogP contribution in [0.2, 0.25) is 0 Å². The Labute approximate surface area is 223 Å². The summed E-state index contributed by atoms with van der Waals surface area (Å²) in [6, 6.07) is 22.0. The van der Waals surface area contributed by atoms with Crippen LogP contribution in [0, 0.1) is 24.4 Å². The molecule has 198 valence electrons. The van der Waals surface area contributed by atoms with Crippen LogP contribution in [0.25, 0.3) is 22.3 Å². The summed E-state index contributed by atoms with van der Waals surface area (Å²) in [6.07, 6.45) is 5.66. The van der Waals surface area contributed by atoms with Gasteiger partial charge >= 0.3 is 0 Å². The van der Waals surface area contributed by atoms with E-state index in [0.717, 1.165) is 24.0 Å². The molecule has 0 aliphatic rings. The van der Waals surface area contributed by atoms with E-state index in [2.05, 4.69) is 6.92 Å². The first kappa shape index (κ1) is 27.3. The van der Waals surface area contributed by atoms with Crippen molar-refractivity contribution in [3.63, 3.8) is 0 Å². The maximum absolute atomic E-state index is 15.0. The van der Waals surface area contributed by atoms with E-state index >= 15 is 0 Å². The largest absolute Gasteiger partial charge is 0.493 e. The average molecular weight is 519 g/mol. The Hall–Kier alpha value is -3.73. The summed E-state index contributed by atoms with van der Waals surface area (Å²) in [7, 11) is 0. The third-order valence-electron chi connectivity index (χ3n) is 6.52. The summed E-state index contributed by atoms with van der Waals surface area (Å²) in [5.41, 5.74) is 3.40. The minimum absolute atomic E-state index is 0.129. The number of halogens is 3. The van der Waals surface area contributed by atoms with E-state index in [9.17, 15) is 13.2 Å².